The minimum atomic E-state index is 0.591. The van der Waals surface area contributed by atoms with Crippen LogP contribution in [0.2, 0.25) is 10.0 Å². The van der Waals surface area contributed by atoms with Gasteiger partial charge in [0, 0.05) is 27.7 Å². The molecule has 0 bridgehead atoms. The molecule has 0 radical (unpaired) electrons. The molecule has 0 fully saturated rings. The van der Waals surface area contributed by atoms with E-state index < -0.39 is 0 Å². The van der Waals surface area contributed by atoms with Gasteiger partial charge < -0.3 is 10.1 Å². The van der Waals surface area contributed by atoms with Crippen molar-refractivity contribution in [1.82, 2.24) is 9.78 Å². The SMILES string of the molecule is COc1cccc(-c2nn(-c3cc(Cl)cc(Cl)c3)c3c2CCCCN3)c1. The van der Waals surface area contributed by atoms with Crippen molar-refractivity contribution in [1.29, 1.82) is 0 Å². The molecule has 4 rings (SSSR count). The molecule has 0 saturated carbocycles. The van der Waals surface area contributed by atoms with Gasteiger partial charge in [0.15, 0.2) is 0 Å². The average molecular weight is 388 g/mol. The highest BCUT2D eigenvalue weighted by Gasteiger charge is 2.22. The first-order valence-corrected chi connectivity index (χ1v) is 9.38. The first-order valence-electron chi connectivity index (χ1n) is 8.62. The van der Waals surface area contributed by atoms with Crippen LogP contribution in [0.1, 0.15) is 18.4 Å². The van der Waals surface area contributed by atoms with Crippen molar-refractivity contribution in [2.24, 2.45) is 0 Å². The van der Waals surface area contributed by atoms with Gasteiger partial charge in [0.2, 0.25) is 0 Å². The zero-order chi connectivity index (χ0) is 18.1. The van der Waals surface area contributed by atoms with E-state index >= 15 is 0 Å². The first kappa shape index (κ1) is 17.3. The third-order valence-corrected chi connectivity index (χ3v) is 5.00. The van der Waals surface area contributed by atoms with Crippen LogP contribution in [0.25, 0.3) is 16.9 Å². The lowest BCUT2D eigenvalue weighted by molar-refractivity contribution is 0.415. The van der Waals surface area contributed by atoms with Crippen LogP contribution in [-0.4, -0.2) is 23.4 Å². The fourth-order valence-corrected chi connectivity index (χ4v) is 3.87. The van der Waals surface area contributed by atoms with Gasteiger partial charge in [-0.25, -0.2) is 4.68 Å². The highest BCUT2D eigenvalue weighted by molar-refractivity contribution is 6.34. The summed E-state index contributed by atoms with van der Waals surface area (Å²) in [6, 6.07) is 13.5. The summed E-state index contributed by atoms with van der Waals surface area (Å²) in [4.78, 5) is 0. The van der Waals surface area contributed by atoms with Gasteiger partial charge in [-0.05, 0) is 49.6 Å². The van der Waals surface area contributed by atoms with Crippen LogP contribution in [0.15, 0.2) is 42.5 Å². The summed E-state index contributed by atoms with van der Waals surface area (Å²) >= 11 is 12.4. The van der Waals surface area contributed by atoms with E-state index in [1.54, 1.807) is 13.2 Å². The molecule has 4 nitrogen and oxygen atoms in total. The minimum absolute atomic E-state index is 0.591. The monoisotopic (exact) mass is 387 g/mol. The van der Waals surface area contributed by atoms with Gasteiger partial charge in [-0.2, -0.15) is 5.10 Å². The second-order valence-electron chi connectivity index (χ2n) is 6.33. The summed E-state index contributed by atoms with van der Waals surface area (Å²) in [6.45, 7) is 0.921. The summed E-state index contributed by atoms with van der Waals surface area (Å²) < 4.78 is 7.29. The van der Waals surface area contributed by atoms with E-state index in [2.05, 4.69) is 11.4 Å². The second-order valence-corrected chi connectivity index (χ2v) is 7.20. The number of aromatic nitrogens is 2. The molecule has 26 heavy (non-hydrogen) atoms. The van der Waals surface area contributed by atoms with Gasteiger partial charge in [-0.3, -0.25) is 0 Å². The third-order valence-electron chi connectivity index (χ3n) is 4.56. The number of hydrogen-bond donors (Lipinski definition) is 1. The molecular weight excluding hydrogens is 369 g/mol. The van der Waals surface area contributed by atoms with E-state index in [0.29, 0.717) is 10.0 Å². The van der Waals surface area contributed by atoms with Crippen molar-refractivity contribution < 1.29 is 4.74 Å². The van der Waals surface area contributed by atoms with E-state index in [1.165, 1.54) is 5.56 Å². The molecular formula is C20H19Cl2N3O. The number of rotatable bonds is 3. The number of anilines is 1. The molecule has 134 valence electrons. The predicted octanol–water partition coefficient (Wildman–Crippen LogP) is 5.60. The lowest BCUT2D eigenvalue weighted by atomic mass is 10.0. The number of methoxy groups -OCH3 is 1. The zero-order valence-corrected chi connectivity index (χ0v) is 15.9. The van der Waals surface area contributed by atoms with Crippen molar-refractivity contribution in [3.63, 3.8) is 0 Å². The van der Waals surface area contributed by atoms with E-state index in [4.69, 9.17) is 33.0 Å². The summed E-state index contributed by atoms with van der Waals surface area (Å²) in [5.74, 6) is 1.83. The highest BCUT2D eigenvalue weighted by Crippen LogP contribution is 2.36. The molecule has 0 spiro atoms. The average Bonchev–Trinajstić information content (AvgIpc) is 2.82. The van der Waals surface area contributed by atoms with Crippen molar-refractivity contribution in [2.75, 3.05) is 19.0 Å². The molecule has 1 aliphatic rings. The Morgan fingerprint density at radius 3 is 2.65 bits per heavy atom. The Morgan fingerprint density at radius 1 is 1.08 bits per heavy atom. The molecule has 0 saturated heterocycles. The van der Waals surface area contributed by atoms with Crippen LogP contribution < -0.4 is 10.1 Å². The maximum atomic E-state index is 6.22. The van der Waals surface area contributed by atoms with E-state index in [-0.39, 0.29) is 0 Å². The van der Waals surface area contributed by atoms with Gasteiger partial charge in [-0.1, -0.05) is 35.3 Å². The van der Waals surface area contributed by atoms with Crippen molar-refractivity contribution in [2.45, 2.75) is 19.3 Å². The summed E-state index contributed by atoms with van der Waals surface area (Å²) in [5, 5.41) is 9.63. The molecule has 0 unspecified atom stereocenters. The first-order chi connectivity index (χ1) is 12.7. The molecule has 6 heteroatoms. The Balaban J connectivity index is 1.91. The number of benzene rings is 2. The lowest BCUT2D eigenvalue weighted by Gasteiger charge is -2.10. The Labute approximate surface area is 162 Å². The highest BCUT2D eigenvalue weighted by atomic mass is 35.5. The molecule has 3 aromatic rings. The Hall–Kier alpha value is -2.17. The zero-order valence-electron chi connectivity index (χ0n) is 14.4. The number of ether oxygens (including phenoxy) is 1. The normalized spacial score (nSPS) is 13.7. The molecule has 0 atom stereocenters. The Morgan fingerprint density at radius 2 is 1.88 bits per heavy atom. The minimum Gasteiger partial charge on any atom is -0.497 e. The molecule has 0 amide bonds. The summed E-state index contributed by atoms with van der Waals surface area (Å²) in [7, 11) is 1.67. The van der Waals surface area contributed by atoms with Crippen molar-refractivity contribution in [3.05, 3.63) is 58.1 Å². The van der Waals surface area contributed by atoms with E-state index in [0.717, 1.165) is 54.3 Å². The van der Waals surface area contributed by atoms with E-state index in [1.807, 2.05) is 35.0 Å². The predicted molar refractivity (Wildman–Crippen MR) is 107 cm³/mol. The molecule has 1 N–H and O–H groups in total. The lowest BCUT2D eigenvalue weighted by Crippen LogP contribution is -2.07. The van der Waals surface area contributed by atoms with E-state index in [9.17, 15) is 0 Å². The summed E-state index contributed by atoms with van der Waals surface area (Å²) in [5.41, 5.74) is 4.06. The number of fused-ring (bicyclic) bond motifs is 1. The maximum Gasteiger partial charge on any atom is 0.133 e. The Kier molecular flexibility index (Phi) is 4.79. The number of nitrogens with one attached hydrogen (secondary N) is 1. The molecule has 0 aliphatic carbocycles. The maximum absolute atomic E-state index is 6.22. The molecule has 1 aliphatic heterocycles. The van der Waals surface area contributed by atoms with Crippen LogP contribution in [0.5, 0.6) is 5.75 Å². The van der Waals surface area contributed by atoms with Gasteiger partial charge in [0.1, 0.15) is 11.6 Å². The number of hydrogen-bond acceptors (Lipinski definition) is 3. The number of halogens is 2. The van der Waals surface area contributed by atoms with Crippen LogP contribution in [0.3, 0.4) is 0 Å². The quantitative estimate of drug-likeness (QED) is 0.635. The standard InChI is InChI=1S/C20H19Cl2N3O/c1-26-17-6-4-5-13(9-17)19-18-7-2-3-8-23-20(18)25(24-19)16-11-14(21)10-15(22)12-16/h4-6,9-12,23H,2-3,7-8H2,1H3. The Bertz CT molecular complexity index is 932. The summed E-state index contributed by atoms with van der Waals surface area (Å²) in [6.07, 6.45) is 3.23. The van der Waals surface area contributed by atoms with Crippen LogP contribution in [0, 0.1) is 0 Å². The number of nitrogens with zero attached hydrogens (tertiary/aromatic N) is 2. The van der Waals surface area contributed by atoms with Gasteiger partial charge in [-0.15, -0.1) is 0 Å². The molecule has 2 aromatic carbocycles. The van der Waals surface area contributed by atoms with Crippen LogP contribution >= 0.6 is 23.2 Å². The molecule has 2 heterocycles. The third kappa shape index (κ3) is 3.27. The fourth-order valence-electron chi connectivity index (χ4n) is 3.35. The van der Waals surface area contributed by atoms with Gasteiger partial charge in [0.05, 0.1) is 18.5 Å². The largest absolute Gasteiger partial charge is 0.497 e. The van der Waals surface area contributed by atoms with Crippen molar-refractivity contribution in [3.8, 4) is 22.7 Å². The van der Waals surface area contributed by atoms with Crippen molar-refractivity contribution >= 4 is 29.0 Å². The van der Waals surface area contributed by atoms with Crippen LogP contribution in [0.4, 0.5) is 5.82 Å². The fraction of sp³-hybridized carbons (Fsp3) is 0.250. The molecule has 1 aromatic heterocycles. The van der Waals surface area contributed by atoms with Crippen LogP contribution in [-0.2, 0) is 6.42 Å². The smallest absolute Gasteiger partial charge is 0.133 e. The van der Waals surface area contributed by atoms with Gasteiger partial charge in [0.25, 0.3) is 0 Å². The topological polar surface area (TPSA) is 39.1 Å². The van der Waals surface area contributed by atoms with Gasteiger partial charge >= 0.3 is 0 Å². The second kappa shape index (κ2) is 7.22.